The third-order valence-electron chi connectivity index (χ3n) is 3.84. The van der Waals surface area contributed by atoms with E-state index >= 15 is 0 Å². The summed E-state index contributed by atoms with van der Waals surface area (Å²) in [7, 11) is 0. The van der Waals surface area contributed by atoms with Gasteiger partial charge in [-0.2, -0.15) is 0 Å². The number of rotatable bonds is 11. The lowest BCUT2D eigenvalue weighted by Gasteiger charge is -2.13. The van der Waals surface area contributed by atoms with Crippen LogP contribution in [-0.4, -0.2) is 24.6 Å². The fourth-order valence-corrected chi connectivity index (χ4v) is 2.36. The van der Waals surface area contributed by atoms with Crippen molar-refractivity contribution in [2.24, 2.45) is 0 Å². The van der Waals surface area contributed by atoms with Crippen molar-refractivity contribution in [3.05, 3.63) is 35.4 Å². The lowest BCUT2D eigenvalue weighted by molar-refractivity contribution is 0.0319. The third kappa shape index (κ3) is 7.62. The molecule has 0 fully saturated rings. The summed E-state index contributed by atoms with van der Waals surface area (Å²) < 4.78 is 10.7. The summed E-state index contributed by atoms with van der Waals surface area (Å²) in [5.74, 6) is -0.781. The molecule has 0 saturated heterocycles. The van der Waals surface area contributed by atoms with Gasteiger partial charge in [0, 0.05) is 0 Å². The first-order chi connectivity index (χ1) is 11.6. The molecule has 1 atom stereocenters. The average Bonchev–Trinajstić information content (AvgIpc) is 2.59. The first-order valence-corrected chi connectivity index (χ1v) is 9.06. The van der Waals surface area contributed by atoms with Gasteiger partial charge in [0.1, 0.15) is 0 Å². The van der Waals surface area contributed by atoms with E-state index in [0.717, 1.165) is 44.9 Å². The van der Waals surface area contributed by atoms with E-state index in [0.29, 0.717) is 17.7 Å². The third-order valence-corrected chi connectivity index (χ3v) is 3.84. The largest absolute Gasteiger partial charge is 0.462 e. The van der Waals surface area contributed by atoms with E-state index in [9.17, 15) is 9.59 Å². The molecule has 0 aliphatic rings. The zero-order chi connectivity index (χ0) is 17.8. The monoisotopic (exact) mass is 334 g/mol. The van der Waals surface area contributed by atoms with Crippen LogP contribution in [0.25, 0.3) is 0 Å². The highest BCUT2D eigenvalue weighted by Gasteiger charge is 2.15. The Labute approximate surface area is 145 Å². The molecule has 4 heteroatoms. The highest BCUT2D eigenvalue weighted by atomic mass is 16.5. The van der Waals surface area contributed by atoms with Crippen molar-refractivity contribution >= 4 is 11.9 Å². The predicted octanol–water partition coefficient (Wildman–Crippen LogP) is 5.16. The minimum atomic E-state index is -0.392. The Morgan fingerprint density at radius 2 is 1.58 bits per heavy atom. The zero-order valence-electron chi connectivity index (χ0n) is 15.2. The molecule has 1 rings (SSSR count). The van der Waals surface area contributed by atoms with Gasteiger partial charge in [0.15, 0.2) is 0 Å². The molecule has 0 saturated carbocycles. The summed E-state index contributed by atoms with van der Waals surface area (Å²) in [6.07, 6.45) is 7.05. The van der Waals surface area contributed by atoms with Gasteiger partial charge in [-0.3, -0.25) is 0 Å². The van der Waals surface area contributed by atoms with Crippen molar-refractivity contribution < 1.29 is 19.1 Å². The second kappa shape index (κ2) is 11.7. The summed E-state index contributed by atoms with van der Waals surface area (Å²) >= 11 is 0. The number of hydrogen-bond donors (Lipinski definition) is 0. The SMILES string of the molecule is CCCCCOC(=O)c1cccc(C(=O)OC(C)CCCCC)c1. The normalized spacial score (nSPS) is 11.8. The van der Waals surface area contributed by atoms with Crippen molar-refractivity contribution in [2.45, 2.75) is 71.8 Å². The Morgan fingerprint density at radius 3 is 2.25 bits per heavy atom. The van der Waals surface area contributed by atoms with Gasteiger partial charge in [-0.15, -0.1) is 0 Å². The van der Waals surface area contributed by atoms with Crippen LogP contribution < -0.4 is 0 Å². The number of benzene rings is 1. The molecule has 4 nitrogen and oxygen atoms in total. The van der Waals surface area contributed by atoms with E-state index < -0.39 is 5.97 Å². The molecule has 0 aliphatic carbocycles. The van der Waals surface area contributed by atoms with Gasteiger partial charge in [0.25, 0.3) is 0 Å². The molecule has 0 heterocycles. The van der Waals surface area contributed by atoms with Crippen LogP contribution in [-0.2, 0) is 9.47 Å². The van der Waals surface area contributed by atoms with Crippen LogP contribution >= 0.6 is 0 Å². The minimum absolute atomic E-state index is 0.117. The maximum absolute atomic E-state index is 12.2. The molecule has 1 aromatic rings. The smallest absolute Gasteiger partial charge is 0.338 e. The van der Waals surface area contributed by atoms with E-state index in [-0.39, 0.29) is 12.1 Å². The number of esters is 2. The molecule has 134 valence electrons. The Morgan fingerprint density at radius 1 is 0.958 bits per heavy atom. The van der Waals surface area contributed by atoms with Crippen LogP contribution in [0.15, 0.2) is 24.3 Å². The van der Waals surface area contributed by atoms with Crippen LogP contribution in [0.5, 0.6) is 0 Å². The van der Waals surface area contributed by atoms with Crippen LogP contribution in [0.3, 0.4) is 0 Å². The summed E-state index contributed by atoms with van der Waals surface area (Å²) in [4.78, 5) is 24.2. The summed E-state index contributed by atoms with van der Waals surface area (Å²) in [6, 6.07) is 6.54. The molecule has 24 heavy (non-hydrogen) atoms. The molecule has 0 aliphatic heterocycles. The number of carbonyl (C=O) groups is 2. The topological polar surface area (TPSA) is 52.6 Å². The Kier molecular flexibility index (Phi) is 9.81. The van der Waals surface area contributed by atoms with Crippen LogP contribution in [0.2, 0.25) is 0 Å². The van der Waals surface area contributed by atoms with E-state index in [1.54, 1.807) is 24.3 Å². The number of hydrogen-bond acceptors (Lipinski definition) is 4. The lowest BCUT2D eigenvalue weighted by Crippen LogP contribution is -2.16. The van der Waals surface area contributed by atoms with Gasteiger partial charge >= 0.3 is 11.9 Å². The fourth-order valence-electron chi connectivity index (χ4n) is 2.36. The molecule has 1 aromatic carbocycles. The van der Waals surface area contributed by atoms with Crippen LogP contribution in [0.1, 0.15) is 86.4 Å². The minimum Gasteiger partial charge on any atom is -0.462 e. The molecular weight excluding hydrogens is 304 g/mol. The van der Waals surface area contributed by atoms with E-state index in [1.807, 2.05) is 6.92 Å². The van der Waals surface area contributed by atoms with Gasteiger partial charge < -0.3 is 9.47 Å². The average molecular weight is 334 g/mol. The van der Waals surface area contributed by atoms with Crippen molar-refractivity contribution in [1.82, 2.24) is 0 Å². The van der Waals surface area contributed by atoms with E-state index in [2.05, 4.69) is 13.8 Å². The first-order valence-electron chi connectivity index (χ1n) is 9.06. The van der Waals surface area contributed by atoms with Crippen LogP contribution in [0, 0.1) is 0 Å². The van der Waals surface area contributed by atoms with Gasteiger partial charge in [0.05, 0.1) is 23.8 Å². The molecule has 0 radical (unpaired) electrons. The number of ether oxygens (including phenoxy) is 2. The first kappa shape index (κ1) is 20.2. The van der Waals surface area contributed by atoms with Gasteiger partial charge in [-0.1, -0.05) is 45.6 Å². The van der Waals surface area contributed by atoms with E-state index in [1.165, 1.54) is 0 Å². The van der Waals surface area contributed by atoms with Gasteiger partial charge in [-0.25, -0.2) is 9.59 Å². The van der Waals surface area contributed by atoms with Crippen LogP contribution in [0.4, 0.5) is 0 Å². The maximum atomic E-state index is 12.2. The molecular formula is C20H30O4. The summed E-state index contributed by atoms with van der Waals surface area (Å²) in [6.45, 7) is 6.55. The Hall–Kier alpha value is -1.84. The lowest BCUT2D eigenvalue weighted by atomic mass is 10.1. The van der Waals surface area contributed by atoms with Crippen molar-refractivity contribution in [3.8, 4) is 0 Å². The maximum Gasteiger partial charge on any atom is 0.338 e. The highest BCUT2D eigenvalue weighted by Crippen LogP contribution is 2.12. The molecule has 1 unspecified atom stereocenters. The Bertz CT molecular complexity index is 510. The predicted molar refractivity (Wildman–Crippen MR) is 95.3 cm³/mol. The molecule has 0 aromatic heterocycles. The second-order valence-electron chi connectivity index (χ2n) is 6.14. The molecule has 0 amide bonds. The quantitative estimate of drug-likeness (QED) is 0.414. The van der Waals surface area contributed by atoms with Gasteiger partial charge in [-0.05, 0) is 44.4 Å². The molecule has 0 bridgehead atoms. The van der Waals surface area contributed by atoms with Crippen molar-refractivity contribution in [3.63, 3.8) is 0 Å². The second-order valence-corrected chi connectivity index (χ2v) is 6.14. The summed E-state index contributed by atoms with van der Waals surface area (Å²) in [5.41, 5.74) is 0.778. The Balaban J connectivity index is 2.54. The van der Waals surface area contributed by atoms with Crippen molar-refractivity contribution in [2.75, 3.05) is 6.61 Å². The number of carbonyl (C=O) groups excluding carboxylic acids is 2. The molecule has 0 spiro atoms. The van der Waals surface area contributed by atoms with E-state index in [4.69, 9.17) is 9.47 Å². The van der Waals surface area contributed by atoms with Gasteiger partial charge in [0.2, 0.25) is 0 Å². The summed E-state index contributed by atoms with van der Waals surface area (Å²) in [5, 5.41) is 0. The standard InChI is InChI=1S/C20H30O4/c1-4-6-8-11-16(3)24-20(22)18-13-10-12-17(15-18)19(21)23-14-9-7-5-2/h10,12-13,15-16H,4-9,11,14H2,1-3H3. The zero-order valence-corrected chi connectivity index (χ0v) is 15.2. The number of unbranched alkanes of at least 4 members (excludes halogenated alkanes) is 4. The highest BCUT2D eigenvalue weighted by molar-refractivity contribution is 5.95. The fraction of sp³-hybridized carbons (Fsp3) is 0.600. The van der Waals surface area contributed by atoms with Crippen molar-refractivity contribution in [1.29, 1.82) is 0 Å². The molecule has 0 N–H and O–H groups in total.